The van der Waals surface area contributed by atoms with Gasteiger partial charge in [-0.25, -0.2) is 9.78 Å². The number of fused-ring (bicyclic) bond motifs is 2. The number of carbonyl (C=O) groups excluding carboxylic acids is 2. The van der Waals surface area contributed by atoms with Crippen molar-refractivity contribution in [2.24, 2.45) is 0 Å². The van der Waals surface area contributed by atoms with E-state index in [1.54, 1.807) is 29.5 Å². The van der Waals surface area contributed by atoms with E-state index in [-0.39, 0.29) is 0 Å². The monoisotopic (exact) mass is 484 g/mol. The third kappa shape index (κ3) is 4.81. The van der Waals surface area contributed by atoms with Gasteiger partial charge in [0.1, 0.15) is 5.75 Å². The molecule has 0 aliphatic heterocycles. The van der Waals surface area contributed by atoms with Gasteiger partial charge >= 0.3 is 5.97 Å². The first-order chi connectivity index (χ1) is 17.1. The number of nitrogens with zero attached hydrogens (tertiary/aromatic N) is 1. The summed E-state index contributed by atoms with van der Waals surface area (Å²) in [4.78, 5) is 32.0. The Labute approximate surface area is 207 Å². The average Bonchev–Trinajstić information content (AvgIpc) is 3.40. The van der Waals surface area contributed by atoms with Crippen molar-refractivity contribution < 1.29 is 19.1 Å². The fraction of sp³-hybridized carbons (Fsp3) is 0.179. The van der Waals surface area contributed by atoms with Crippen molar-refractivity contribution in [2.45, 2.75) is 19.3 Å². The molecule has 0 fully saturated rings. The number of pyridine rings is 1. The van der Waals surface area contributed by atoms with Crippen LogP contribution in [-0.2, 0) is 16.0 Å². The van der Waals surface area contributed by atoms with Gasteiger partial charge in [0.05, 0.1) is 29.6 Å². The van der Waals surface area contributed by atoms with Crippen LogP contribution < -0.4 is 10.1 Å². The topological polar surface area (TPSA) is 77.5 Å². The molecule has 4 aromatic rings. The number of nitrogens with one attached hydrogen (secondary N) is 1. The number of carbonyl (C=O) groups is 2. The lowest BCUT2D eigenvalue weighted by Gasteiger charge is -2.22. The molecular weight excluding hydrogens is 460 g/mol. The Kier molecular flexibility index (Phi) is 6.59. The quantitative estimate of drug-likeness (QED) is 0.341. The van der Waals surface area contributed by atoms with Gasteiger partial charge in [-0.05, 0) is 66.1 Å². The molecule has 0 atom stereocenters. The van der Waals surface area contributed by atoms with E-state index in [2.05, 4.69) is 17.5 Å². The summed E-state index contributed by atoms with van der Waals surface area (Å²) in [7, 11) is 1.53. The van der Waals surface area contributed by atoms with Crippen LogP contribution in [0.4, 0.5) is 5.69 Å². The highest BCUT2D eigenvalue weighted by Gasteiger charge is 2.26. The maximum atomic E-state index is 13.4. The van der Waals surface area contributed by atoms with E-state index in [1.807, 2.05) is 41.8 Å². The Morgan fingerprint density at radius 2 is 1.89 bits per heavy atom. The summed E-state index contributed by atoms with van der Waals surface area (Å²) in [6.45, 7) is -0.403. The molecule has 1 aliphatic carbocycles. The van der Waals surface area contributed by atoms with Crippen LogP contribution in [0.3, 0.4) is 0 Å². The second kappa shape index (κ2) is 10.1. The Hall–Kier alpha value is -3.97. The molecule has 0 spiro atoms. The number of aromatic nitrogens is 1. The third-order valence-corrected chi connectivity index (χ3v) is 6.77. The molecule has 1 N–H and O–H groups in total. The maximum Gasteiger partial charge on any atom is 0.339 e. The molecule has 2 heterocycles. The van der Waals surface area contributed by atoms with Crippen molar-refractivity contribution >= 4 is 51.5 Å². The van der Waals surface area contributed by atoms with Gasteiger partial charge in [0.25, 0.3) is 5.91 Å². The summed E-state index contributed by atoms with van der Waals surface area (Å²) >= 11 is 1.67. The molecule has 0 radical (unpaired) electrons. The summed E-state index contributed by atoms with van der Waals surface area (Å²) in [6.07, 6.45) is 4.69. The summed E-state index contributed by atoms with van der Waals surface area (Å²) in [5.74, 6) is -0.424. The van der Waals surface area contributed by atoms with Crippen LogP contribution in [0.15, 0.2) is 66.0 Å². The molecule has 1 aliphatic rings. The van der Waals surface area contributed by atoms with Gasteiger partial charge in [0.15, 0.2) is 6.61 Å². The van der Waals surface area contributed by atoms with Gasteiger partial charge in [0, 0.05) is 10.3 Å². The first-order valence-corrected chi connectivity index (χ1v) is 12.3. The fourth-order valence-electron chi connectivity index (χ4n) is 4.39. The number of esters is 1. The van der Waals surface area contributed by atoms with E-state index in [1.165, 1.54) is 7.11 Å². The van der Waals surface area contributed by atoms with E-state index >= 15 is 0 Å². The zero-order valence-electron chi connectivity index (χ0n) is 19.2. The standard InChI is InChI=1S/C28H24N2O4S/c1-33-24-14-5-4-13-23(24)29-25(31)17-34-28(32)26-20-10-2-3-12-22(20)30-27-18(8-6-11-21(26)27)16-19-9-7-15-35-19/h2-5,7,9-10,12-16H,6,8,11,17H2,1H3,(H,29,31)/b18-16+. The maximum absolute atomic E-state index is 13.4. The smallest absolute Gasteiger partial charge is 0.339 e. The predicted octanol–water partition coefficient (Wildman–Crippen LogP) is 5.98. The van der Waals surface area contributed by atoms with Gasteiger partial charge in [0.2, 0.25) is 0 Å². The number of thiophene rings is 1. The lowest BCUT2D eigenvalue weighted by Crippen LogP contribution is -2.22. The molecule has 0 saturated carbocycles. The van der Waals surface area contributed by atoms with E-state index < -0.39 is 18.5 Å². The number of benzene rings is 2. The summed E-state index contributed by atoms with van der Waals surface area (Å²) in [5, 5.41) is 5.52. The van der Waals surface area contributed by atoms with Gasteiger partial charge in [-0.3, -0.25) is 4.79 Å². The molecule has 6 nitrogen and oxygen atoms in total. The average molecular weight is 485 g/mol. The van der Waals surface area contributed by atoms with Crippen molar-refractivity contribution in [2.75, 3.05) is 19.0 Å². The molecule has 7 heteroatoms. The van der Waals surface area contributed by atoms with Gasteiger partial charge in [-0.15, -0.1) is 11.3 Å². The second-order valence-electron chi connectivity index (χ2n) is 8.19. The molecule has 35 heavy (non-hydrogen) atoms. The second-order valence-corrected chi connectivity index (χ2v) is 9.17. The third-order valence-electron chi connectivity index (χ3n) is 5.95. The van der Waals surface area contributed by atoms with E-state index in [4.69, 9.17) is 14.5 Å². The minimum atomic E-state index is -0.521. The SMILES string of the molecule is COc1ccccc1NC(=O)COC(=O)c1c2c(nc3ccccc13)/C(=C/c1cccs1)CCC2. The predicted molar refractivity (Wildman–Crippen MR) is 139 cm³/mol. The van der Waals surface area contributed by atoms with Crippen molar-refractivity contribution in [3.8, 4) is 5.75 Å². The fourth-order valence-corrected chi connectivity index (χ4v) is 5.07. The largest absolute Gasteiger partial charge is 0.495 e. The number of hydrogen-bond acceptors (Lipinski definition) is 6. The van der Waals surface area contributed by atoms with Crippen molar-refractivity contribution in [3.05, 3.63) is 87.7 Å². The Balaban J connectivity index is 1.44. The Bertz CT molecular complexity index is 1430. The lowest BCUT2D eigenvalue weighted by atomic mass is 9.86. The van der Waals surface area contributed by atoms with Gasteiger partial charge < -0.3 is 14.8 Å². The Morgan fingerprint density at radius 1 is 1.06 bits per heavy atom. The van der Waals surface area contributed by atoms with E-state index in [0.717, 1.165) is 51.9 Å². The summed E-state index contributed by atoms with van der Waals surface area (Å²) in [5.41, 5.74) is 4.58. The van der Waals surface area contributed by atoms with Crippen LogP contribution >= 0.6 is 11.3 Å². The van der Waals surface area contributed by atoms with Crippen molar-refractivity contribution in [3.63, 3.8) is 0 Å². The lowest BCUT2D eigenvalue weighted by molar-refractivity contribution is -0.119. The zero-order chi connectivity index (χ0) is 24.2. The molecule has 2 aromatic heterocycles. The number of rotatable bonds is 6. The molecule has 176 valence electrons. The minimum absolute atomic E-state index is 0.403. The first kappa shape index (κ1) is 22.8. The van der Waals surface area contributed by atoms with Crippen LogP contribution in [0.25, 0.3) is 22.6 Å². The molecular formula is C28H24N2O4S. The molecule has 1 amide bonds. The minimum Gasteiger partial charge on any atom is -0.495 e. The molecule has 5 rings (SSSR count). The number of para-hydroxylation sites is 3. The number of allylic oxidation sites excluding steroid dienone is 1. The molecule has 0 bridgehead atoms. The van der Waals surface area contributed by atoms with Crippen molar-refractivity contribution in [1.29, 1.82) is 0 Å². The molecule has 0 saturated heterocycles. The normalized spacial score (nSPS) is 13.9. The highest BCUT2D eigenvalue weighted by atomic mass is 32.1. The van der Waals surface area contributed by atoms with E-state index in [9.17, 15) is 9.59 Å². The van der Waals surface area contributed by atoms with Crippen LogP contribution in [0.2, 0.25) is 0 Å². The Morgan fingerprint density at radius 3 is 2.71 bits per heavy atom. The highest BCUT2D eigenvalue weighted by Crippen LogP contribution is 2.37. The van der Waals surface area contributed by atoms with Crippen molar-refractivity contribution in [1.82, 2.24) is 4.98 Å². The first-order valence-electron chi connectivity index (χ1n) is 11.4. The summed E-state index contributed by atoms with van der Waals surface area (Å²) in [6, 6.07) is 18.7. The van der Waals surface area contributed by atoms with E-state index in [0.29, 0.717) is 17.0 Å². The molecule has 0 unspecified atom stereocenters. The van der Waals surface area contributed by atoms with Crippen LogP contribution in [0.1, 0.15) is 39.3 Å². The summed E-state index contributed by atoms with van der Waals surface area (Å²) < 4.78 is 10.8. The molecule has 2 aromatic carbocycles. The highest BCUT2D eigenvalue weighted by molar-refractivity contribution is 7.10. The number of methoxy groups -OCH3 is 1. The van der Waals surface area contributed by atoms with Crippen LogP contribution in [0, 0.1) is 0 Å². The number of amides is 1. The number of anilines is 1. The van der Waals surface area contributed by atoms with Crippen LogP contribution in [-0.4, -0.2) is 30.6 Å². The number of hydrogen-bond donors (Lipinski definition) is 1. The number of ether oxygens (including phenoxy) is 2. The van der Waals surface area contributed by atoms with Crippen LogP contribution in [0.5, 0.6) is 5.75 Å². The van der Waals surface area contributed by atoms with Gasteiger partial charge in [-0.1, -0.05) is 36.4 Å². The zero-order valence-corrected chi connectivity index (χ0v) is 20.1. The van der Waals surface area contributed by atoms with Gasteiger partial charge in [-0.2, -0.15) is 0 Å².